The van der Waals surface area contributed by atoms with Crippen LogP contribution in [0.25, 0.3) is 0 Å². The van der Waals surface area contributed by atoms with Gasteiger partial charge in [0.15, 0.2) is 0 Å². The van der Waals surface area contributed by atoms with E-state index in [1.165, 1.54) is 0 Å². The van der Waals surface area contributed by atoms with Gasteiger partial charge in [0, 0.05) is 18.1 Å². The van der Waals surface area contributed by atoms with E-state index in [2.05, 4.69) is 0 Å². The fourth-order valence-corrected chi connectivity index (χ4v) is 1.49. The molecular weight excluding hydrogens is 202 g/mol. The van der Waals surface area contributed by atoms with E-state index in [0.717, 1.165) is 11.3 Å². The first-order chi connectivity index (χ1) is 7.51. The van der Waals surface area contributed by atoms with Gasteiger partial charge >= 0.3 is 0 Å². The molecule has 0 aliphatic rings. The quantitative estimate of drug-likeness (QED) is 0.803. The van der Waals surface area contributed by atoms with Crippen molar-refractivity contribution >= 4 is 0 Å². The summed E-state index contributed by atoms with van der Waals surface area (Å²) in [6.07, 6.45) is 0. The lowest BCUT2D eigenvalue weighted by Gasteiger charge is -2.29. The highest BCUT2D eigenvalue weighted by atomic mass is 16.5. The van der Waals surface area contributed by atoms with E-state index in [9.17, 15) is 5.11 Å². The Morgan fingerprint density at radius 3 is 2.31 bits per heavy atom. The molecular formula is C13H21NO2. The Hall–Kier alpha value is -1.06. The number of hydrogen-bond donors (Lipinski definition) is 2. The monoisotopic (exact) mass is 223 g/mol. The van der Waals surface area contributed by atoms with Crippen molar-refractivity contribution in [2.75, 3.05) is 13.2 Å². The van der Waals surface area contributed by atoms with E-state index in [0.29, 0.717) is 6.61 Å². The molecule has 1 aromatic carbocycles. The minimum absolute atomic E-state index is 0.0708. The van der Waals surface area contributed by atoms with Gasteiger partial charge in [0.25, 0.3) is 0 Å². The van der Waals surface area contributed by atoms with Crippen molar-refractivity contribution in [3.8, 4) is 5.75 Å². The number of aliphatic hydroxyl groups is 1. The first-order valence-corrected chi connectivity index (χ1v) is 5.60. The van der Waals surface area contributed by atoms with Crippen LogP contribution in [0.1, 0.15) is 32.4 Å². The van der Waals surface area contributed by atoms with Gasteiger partial charge < -0.3 is 15.6 Å². The third kappa shape index (κ3) is 2.97. The summed E-state index contributed by atoms with van der Waals surface area (Å²) >= 11 is 0. The number of nitrogens with two attached hydrogens (primary N) is 1. The molecule has 90 valence electrons. The Kier molecular flexibility index (Phi) is 4.33. The van der Waals surface area contributed by atoms with Crippen molar-refractivity contribution < 1.29 is 9.84 Å². The fraction of sp³-hybridized carbons (Fsp3) is 0.538. The molecule has 0 saturated carbocycles. The lowest BCUT2D eigenvalue weighted by molar-refractivity contribution is 0.132. The molecule has 0 fully saturated rings. The molecule has 0 bridgehead atoms. The van der Waals surface area contributed by atoms with Crippen LogP contribution in [0.4, 0.5) is 0 Å². The zero-order chi connectivity index (χ0) is 12.2. The Balaban J connectivity index is 2.81. The number of rotatable bonds is 5. The first kappa shape index (κ1) is 13.0. The van der Waals surface area contributed by atoms with Crippen LogP contribution in [-0.2, 0) is 0 Å². The maximum atomic E-state index is 9.26. The Morgan fingerprint density at radius 1 is 1.31 bits per heavy atom. The van der Waals surface area contributed by atoms with Crippen LogP contribution in [0.5, 0.6) is 5.75 Å². The summed E-state index contributed by atoms with van der Waals surface area (Å²) in [4.78, 5) is 0. The molecule has 0 aliphatic heterocycles. The number of hydrogen-bond acceptors (Lipinski definition) is 3. The largest absolute Gasteiger partial charge is 0.494 e. The van der Waals surface area contributed by atoms with E-state index in [1.54, 1.807) is 0 Å². The van der Waals surface area contributed by atoms with Crippen LogP contribution < -0.4 is 10.5 Å². The molecule has 0 aliphatic carbocycles. The second kappa shape index (κ2) is 5.32. The molecule has 0 heterocycles. The van der Waals surface area contributed by atoms with Crippen molar-refractivity contribution in [2.24, 2.45) is 11.1 Å². The summed E-state index contributed by atoms with van der Waals surface area (Å²) < 4.78 is 5.36. The first-order valence-electron chi connectivity index (χ1n) is 5.60. The summed E-state index contributed by atoms with van der Waals surface area (Å²) in [5.74, 6) is 0.847. The third-order valence-electron chi connectivity index (χ3n) is 2.80. The molecule has 16 heavy (non-hydrogen) atoms. The highest BCUT2D eigenvalue weighted by Gasteiger charge is 2.26. The molecule has 1 rings (SSSR count). The Labute approximate surface area is 97.2 Å². The molecule has 0 saturated heterocycles. The Morgan fingerprint density at radius 2 is 1.88 bits per heavy atom. The van der Waals surface area contributed by atoms with E-state index >= 15 is 0 Å². The molecule has 1 atom stereocenters. The molecule has 3 nitrogen and oxygen atoms in total. The van der Waals surface area contributed by atoms with Crippen molar-refractivity contribution in [2.45, 2.75) is 26.8 Å². The van der Waals surface area contributed by atoms with Crippen LogP contribution >= 0.6 is 0 Å². The molecule has 3 N–H and O–H groups in total. The molecule has 3 heteroatoms. The summed E-state index contributed by atoms with van der Waals surface area (Å²) in [7, 11) is 0. The molecule has 0 amide bonds. The van der Waals surface area contributed by atoms with Gasteiger partial charge in [0.05, 0.1) is 6.61 Å². The van der Waals surface area contributed by atoms with E-state index < -0.39 is 0 Å². The normalized spacial score (nSPS) is 13.6. The molecule has 0 aromatic heterocycles. The van der Waals surface area contributed by atoms with Crippen molar-refractivity contribution in [3.05, 3.63) is 29.8 Å². The van der Waals surface area contributed by atoms with Gasteiger partial charge in [-0.15, -0.1) is 0 Å². The van der Waals surface area contributed by atoms with Gasteiger partial charge in [0.1, 0.15) is 5.75 Å². The summed E-state index contributed by atoms with van der Waals surface area (Å²) in [6.45, 7) is 6.59. The van der Waals surface area contributed by atoms with Crippen molar-refractivity contribution in [1.29, 1.82) is 0 Å². The van der Waals surface area contributed by atoms with Gasteiger partial charge in [-0.2, -0.15) is 0 Å². The minimum Gasteiger partial charge on any atom is -0.494 e. The predicted octanol–water partition coefficient (Wildman–Crippen LogP) is 2.10. The smallest absolute Gasteiger partial charge is 0.119 e. The van der Waals surface area contributed by atoms with Crippen LogP contribution in [0.3, 0.4) is 0 Å². The maximum absolute atomic E-state index is 9.26. The third-order valence-corrected chi connectivity index (χ3v) is 2.80. The minimum atomic E-state index is -0.312. The van der Waals surface area contributed by atoms with Crippen LogP contribution in [0.15, 0.2) is 24.3 Å². The average Bonchev–Trinajstić information content (AvgIpc) is 2.29. The molecule has 0 radical (unpaired) electrons. The summed E-state index contributed by atoms with van der Waals surface area (Å²) in [5.41, 5.74) is 6.81. The van der Waals surface area contributed by atoms with Crippen molar-refractivity contribution in [1.82, 2.24) is 0 Å². The highest BCUT2D eigenvalue weighted by molar-refractivity contribution is 5.29. The van der Waals surface area contributed by atoms with E-state index in [4.69, 9.17) is 10.5 Å². The average molecular weight is 223 g/mol. The number of aliphatic hydroxyl groups excluding tert-OH is 1. The molecule has 0 spiro atoms. The second-order valence-corrected chi connectivity index (χ2v) is 4.63. The standard InChI is InChI=1S/C13H21NO2/c1-4-16-11-7-5-10(6-8-11)12(14)13(2,3)9-15/h5-8,12,15H,4,9,14H2,1-3H3/t12-/m0/s1. The van der Waals surface area contributed by atoms with Gasteiger partial charge in [-0.05, 0) is 24.6 Å². The fourth-order valence-electron chi connectivity index (χ4n) is 1.49. The maximum Gasteiger partial charge on any atom is 0.119 e. The number of ether oxygens (including phenoxy) is 1. The Bertz CT molecular complexity index is 319. The lowest BCUT2D eigenvalue weighted by Crippen LogP contribution is -2.32. The van der Waals surface area contributed by atoms with Gasteiger partial charge in [-0.25, -0.2) is 0 Å². The van der Waals surface area contributed by atoms with Crippen LogP contribution in [0.2, 0.25) is 0 Å². The van der Waals surface area contributed by atoms with Gasteiger partial charge in [0.2, 0.25) is 0 Å². The van der Waals surface area contributed by atoms with Crippen molar-refractivity contribution in [3.63, 3.8) is 0 Å². The summed E-state index contributed by atoms with van der Waals surface area (Å²) in [5, 5.41) is 9.26. The lowest BCUT2D eigenvalue weighted by atomic mass is 9.82. The van der Waals surface area contributed by atoms with E-state index in [-0.39, 0.29) is 18.1 Å². The summed E-state index contributed by atoms with van der Waals surface area (Å²) in [6, 6.07) is 7.55. The second-order valence-electron chi connectivity index (χ2n) is 4.63. The van der Waals surface area contributed by atoms with Gasteiger partial charge in [-0.1, -0.05) is 26.0 Å². The topological polar surface area (TPSA) is 55.5 Å². The van der Waals surface area contributed by atoms with E-state index in [1.807, 2.05) is 45.0 Å². The van der Waals surface area contributed by atoms with Crippen LogP contribution in [-0.4, -0.2) is 18.3 Å². The molecule has 1 aromatic rings. The van der Waals surface area contributed by atoms with Gasteiger partial charge in [-0.3, -0.25) is 0 Å². The van der Waals surface area contributed by atoms with Crippen LogP contribution in [0, 0.1) is 5.41 Å². The zero-order valence-electron chi connectivity index (χ0n) is 10.2. The molecule has 0 unspecified atom stereocenters. The zero-order valence-corrected chi connectivity index (χ0v) is 10.2. The number of benzene rings is 1. The SMILES string of the molecule is CCOc1ccc([C@H](N)C(C)(C)CO)cc1. The highest BCUT2D eigenvalue weighted by Crippen LogP contribution is 2.31. The predicted molar refractivity (Wildman–Crippen MR) is 65.4 cm³/mol.